The molecule has 0 aliphatic carbocycles. The molecule has 2 rings (SSSR count). The largest absolute Gasteiger partial charge is 0.388 e. The van der Waals surface area contributed by atoms with Crippen LogP contribution in [0.2, 0.25) is 0 Å². The summed E-state index contributed by atoms with van der Waals surface area (Å²) in [5.74, 6) is 1.19. The van der Waals surface area contributed by atoms with Crippen molar-refractivity contribution in [3.8, 4) is 0 Å². The van der Waals surface area contributed by atoms with Gasteiger partial charge in [-0.15, -0.1) is 0 Å². The summed E-state index contributed by atoms with van der Waals surface area (Å²) in [7, 11) is 0. The predicted molar refractivity (Wildman–Crippen MR) is 80.4 cm³/mol. The summed E-state index contributed by atoms with van der Waals surface area (Å²) in [6.45, 7) is 8.82. The van der Waals surface area contributed by atoms with Crippen LogP contribution in [0.15, 0.2) is 24.3 Å². The number of benzene rings is 1. The van der Waals surface area contributed by atoms with Gasteiger partial charge in [-0.1, -0.05) is 19.1 Å². The number of aliphatic hydroxyl groups is 1. The van der Waals surface area contributed by atoms with Crippen molar-refractivity contribution in [3.63, 3.8) is 0 Å². The highest BCUT2D eigenvalue weighted by Crippen LogP contribution is 2.32. The Morgan fingerprint density at radius 1 is 1.33 bits per heavy atom. The second-order valence-electron chi connectivity index (χ2n) is 5.55. The van der Waals surface area contributed by atoms with E-state index in [0.29, 0.717) is 4.75 Å². The molecule has 0 saturated carbocycles. The summed E-state index contributed by atoms with van der Waals surface area (Å²) in [5.41, 5.74) is 2.29. The maximum Gasteiger partial charge on any atom is 0.0787 e. The van der Waals surface area contributed by atoms with Gasteiger partial charge in [0.25, 0.3) is 0 Å². The Labute approximate surface area is 114 Å². The van der Waals surface area contributed by atoms with Gasteiger partial charge in [0.05, 0.1) is 6.10 Å². The molecular formula is C15H23NOS. The van der Waals surface area contributed by atoms with Gasteiger partial charge in [-0.05, 0) is 38.0 Å². The molecule has 0 unspecified atom stereocenters. The minimum atomic E-state index is -0.326. The summed E-state index contributed by atoms with van der Waals surface area (Å²) in [4.78, 5) is 2.44. The van der Waals surface area contributed by atoms with Crippen LogP contribution in [0.25, 0.3) is 0 Å². The lowest BCUT2D eigenvalue weighted by molar-refractivity contribution is 0.173. The number of hydrogen-bond donors (Lipinski definition) is 1. The molecule has 1 aliphatic heterocycles. The molecule has 3 heteroatoms. The SMILES string of the molecule is CC[C@@H](O)c1ccc(N2CCSC(C)(C)C2)cc1. The quantitative estimate of drug-likeness (QED) is 0.905. The molecule has 0 aromatic heterocycles. The standard InChI is InChI=1S/C15H23NOS/c1-4-14(17)12-5-7-13(8-6-12)16-9-10-18-15(2,3)11-16/h5-8,14,17H,4,9-11H2,1-3H3/t14-/m1/s1. The van der Waals surface area contributed by atoms with Crippen molar-refractivity contribution in [3.05, 3.63) is 29.8 Å². The van der Waals surface area contributed by atoms with Crippen molar-refractivity contribution < 1.29 is 5.11 Å². The highest BCUT2D eigenvalue weighted by molar-refractivity contribution is 8.00. The van der Waals surface area contributed by atoms with E-state index >= 15 is 0 Å². The van der Waals surface area contributed by atoms with E-state index in [1.807, 2.05) is 18.7 Å². The minimum absolute atomic E-state index is 0.326. The monoisotopic (exact) mass is 265 g/mol. The Bertz CT molecular complexity index is 388. The third kappa shape index (κ3) is 3.21. The molecule has 0 radical (unpaired) electrons. The number of anilines is 1. The Morgan fingerprint density at radius 3 is 2.56 bits per heavy atom. The van der Waals surface area contributed by atoms with Crippen LogP contribution in [0, 0.1) is 0 Å². The third-order valence-electron chi connectivity index (χ3n) is 3.46. The van der Waals surface area contributed by atoms with Crippen molar-refractivity contribution in [2.24, 2.45) is 0 Å². The van der Waals surface area contributed by atoms with Gasteiger partial charge in [0.15, 0.2) is 0 Å². The first kappa shape index (κ1) is 13.8. The van der Waals surface area contributed by atoms with Crippen LogP contribution in [0.5, 0.6) is 0 Å². The van der Waals surface area contributed by atoms with E-state index in [9.17, 15) is 5.11 Å². The third-order valence-corrected chi connectivity index (χ3v) is 4.75. The molecule has 1 N–H and O–H groups in total. The van der Waals surface area contributed by atoms with Gasteiger partial charge in [-0.2, -0.15) is 11.8 Å². The van der Waals surface area contributed by atoms with Gasteiger partial charge in [0.2, 0.25) is 0 Å². The van der Waals surface area contributed by atoms with Crippen LogP contribution in [0.1, 0.15) is 38.9 Å². The molecular weight excluding hydrogens is 242 g/mol. The topological polar surface area (TPSA) is 23.5 Å². The lowest BCUT2D eigenvalue weighted by Crippen LogP contribution is -2.43. The number of rotatable bonds is 3. The molecule has 0 spiro atoms. The number of nitrogens with zero attached hydrogens (tertiary/aromatic N) is 1. The first-order valence-corrected chi connectivity index (χ1v) is 7.67. The molecule has 18 heavy (non-hydrogen) atoms. The predicted octanol–water partition coefficient (Wildman–Crippen LogP) is 3.46. The van der Waals surface area contributed by atoms with E-state index in [1.165, 1.54) is 11.4 Å². The second-order valence-corrected chi connectivity index (χ2v) is 7.35. The zero-order valence-corrected chi connectivity index (χ0v) is 12.3. The van der Waals surface area contributed by atoms with Crippen molar-refractivity contribution in [1.82, 2.24) is 0 Å². The van der Waals surface area contributed by atoms with E-state index in [1.54, 1.807) is 0 Å². The summed E-state index contributed by atoms with van der Waals surface area (Å²) >= 11 is 2.05. The molecule has 1 atom stereocenters. The zero-order valence-electron chi connectivity index (χ0n) is 11.5. The Kier molecular flexibility index (Phi) is 4.23. The van der Waals surface area contributed by atoms with Crippen LogP contribution in [0.4, 0.5) is 5.69 Å². The first-order valence-electron chi connectivity index (χ1n) is 6.69. The van der Waals surface area contributed by atoms with Crippen LogP contribution < -0.4 is 4.90 Å². The van der Waals surface area contributed by atoms with Crippen molar-refractivity contribution in [2.45, 2.75) is 38.0 Å². The maximum atomic E-state index is 9.80. The van der Waals surface area contributed by atoms with Crippen molar-refractivity contribution in [1.29, 1.82) is 0 Å². The average Bonchev–Trinajstić information content (AvgIpc) is 2.37. The van der Waals surface area contributed by atoms with Crippen molar-refractivity contribution >= 4 is 17.4 Å². The molecule has 2 nitrogen and oxygen atoms in total. The molecule has 1 aromatic rings. The molecule has 1 aromatic carbocycles. The summed E-state index contributed by atoms with van der Waals surface area (Å²) < 4.78 is 0.333. The first-order chi connectivity index (χ1) is 8.52. The number of hydrogen-bond acceptors (Lipinski definition) is 3. The van der Waals surface area contributed by atoms with Gasteiger partial charge in [-0.3, -0.25) is 0 Å². The summed E-state index contributed by atoms with van der Waals surface area (Å²) in [6, 6.07) is 8.39. The highest BCUT2D eigenvalue weighted by atomic mass is 32.2. The van der Waals surface area contributed by atoms with Crippen LogP contribution in [0.3, 0.4) is 0 Å². The Hall–Kier alpha value is -0.670. The second kappa shape index (κ2) is 5.54. The Morgan fingerprint density at radius 2 is 2.00 bits per heavy atom. The van der Waals surface area contributed by atoms with Crippen LogP contribution >= 0.6 is 11.8 Å². The lowest BCUT2D eigenvalue weighted by atomic mass is 10.1. The van der Waals surface area contributed by atoms with Crippen LogP contribution in [-0.4, -0.2) is 28.7 Å². The molecule has 1 saturated heterocycles. The highest BCUT2D eigenvalue weighted by Gasteiger charge is 2.27. The fourth-order valence-electron chi connectivity index (χ4n) is 2.38. The maximum absolute atomic E-state index is 9.80. The fourth-order valence-corrected chi connectivity index (χ4v) is 3.49. The molecule has 100 valence electrons. The number of aliphatic hydroxyl groups excluding tert-OH is 1. The van der Waals surface area contributed by atoms with Crippen LogP contribution in [-0.2, 0) is 0 Å². The summed E-state index contributed by atoms with van der Waals surface area (Å²) in [5, 5.41) is 9.80. The molecule has 0 amide bonds. The summed E-state index contributed by atoms with van der Waals surface area (Å²) in [6.07, 6.45) is 0.444. The smallest absolute Gasteiger partial charge is 0.0787 e. The van der Waals surface area contributed by atoms with E-state index in [4.69, 9.17) is 0 Å². The fraction of sp³-hybridized carbons (Fsp3) is 0.600. The minimum Gasteiger partial charge on any atom is -0.388 e. The number of thioether (sulfide) groups is 1. The normalized spacial score (nSPS) is 20.8. The van der Waals surface area contributed by atoms with Gasteiger partial charge in [0.1, 0.15) is 0 Å². The van der Waals surface area contributed by atoms with Gasteiger partial charge < -0.3 is 10.0 Å². The van der Waals surface area contributed by atoms with Crippen molar-refractivity contribution in [2.75, 3.05) is 23.7 Å². The van der Waals surface area contributed by atoms with Gasteiger partial charge >= 0.3 is 0 Å². The van der Waals surface area contributed by atoms with E-state index in [0.717, 1.165) is 25.1 Å². The lowest BCUT2D eigenvalue weighted by Gasteiger charge is -2.39. The van der Waals surface area contributed by atoms with E-state index in [2.05, 4.69) is 43.0 Å². The molecule has 1 heterocycles. The molecule has 1 fully saturated rings. The van der Waals surface area contributed by atoms with E-state index < -0.39 is 0 Å². The Balaban J connectivity index is 2.09. The molecule has 1 aliphatic rings. The zero-order chi connectivity index (χ0) is 13.2. The average molecular weight is 265 g/mol. The van der Waals surface area contributed by atoms with Gasteiger partial charge in [-0.25, -0.2) is 0 Å². The molecule has 0 bridgehead atoms. The van der Waals surface area contributed by atoms with E-state index in [-0.39, 0.29) is 6.10 Å². The van der Waals surface area contributed by atoms with Gasteiger partial charge in [0, 0.05) is 29.3 Å².